The number of rotatable bonds is 4. The number of benzene rings is 1. The van der Waals surface area contributed by atoms with Crippen LogP contribution in [0.2, 0.25) is 0 Å². The van der Waals surface area contributed by atoms with Gasteiger partial charge in [-0.3, -0.25) is 9.69 Å². The Balaban J connectivity index is 1.82. The smallest absolute Gasteiger partial charge is 0.234 e. The minimum absolute atomic E-state index is 0.0882. The normalized spacial score (nSPS) is 21.6. The summed E-state index contributed by atoms with van der Waals surface area (Å²) in [6.07, 6.45) is 1.16. The van der Waals surface area contributed by atoms with Gasteiger partial charge in [0, 0.05) is 37.2 Å². The van der Waals surface area contributed by atoms with Crippen molar-refractivity contribution in [2.45, 2.75) is 32.9 Å². The van der Waals surface area contributed by atoms with Gasteiger partial charge in [0.1, 0.15) is 17.6 Å². The molecule has 0 saturated carbocycles. The van der Waals surface area contributed by atoms with Crippen molar-refractivity contribution >= 4 is 5.91 Å². The SMILES string of the molecule is CCOc1cc2c(cc1CN1CCNC(=O)C1)O[C@H](C)C2. The molecule has 0 aromatic heterocycles. The summed E-state index contributed by atoms with van der Waals surface area (Å²) in [5.74, 6) is 1.97. The van der Waals surface area contributed by atoms with Crippen LogP contribution in [0.25, 0.3) is 0 Å². The van der Waals surface area contributed by atoms with Gasteiger partial charge in [0.25, 0.3) is 0 Å². The number of carbonyl (C=O) groups excluding carboxylic acids is 1. The van der Waals surface area contributed by atoms with E-state index in [1.165, 1.54) is 5.56 Å². The van der Waals surface area contributed by atoms with E-state index in [-0.39, 0.29) is 12.0 Å². The van der Waals surface area contributed by atoms with Gasteiger partial charge < -0.3 is 14.8 Å². The van der Waals surface area contributed by atoms with E-state index in [0.717, 1.165) is 30.0 Å². The predicted molar refractivity (Wildman–Crippen MR) is 79.7 cm³/mol. The van der Waals surface area contributed by atoms with E-state index in [9.17, 15) is 4.79 Å². The van der Waals surface area contributed by atoms with Gasteiger partial charge in [-0.1, -0.05) is 0 Å². The predicted octanol–water partition coefficient (Wildman–Crippen LogP) is 1.34. The Morgan fingerprint density at radius 2 is 2.33 bits per heavy atom. The van der Waals surface area contributed by atoms with Gasteiger partial charge in [0.15, 0.2) is 0 Å². The van der Waals surface area contributed by atoms with Crippen LogP contribution in [0.4, 0.5) is 0 Å². The maximum absolute atomic E-state index is 11.5. The van der Waals surface area contributed by atoms with Crippen molar-refractivity contribution in [1.82, 2.24) is 10.2 Å². The van der Waals surface area contributed by atoms with Crippen molar-refractivity contribution < 1.29 is 14.3 Å². The van der Waals surface area contributed by atoms with Crippen LogP contribution >= 0.6 is 0 Å². The Morgan fingerprint density at radius 1 is 1.48 bits per heavy atom. The Bertz CT molecular complexity index is 545. The Morgan fingerprint density at radius 3 is 3.10 bits per heavy atom. The third-order valence-corrected chi connectivity index (χ3v) is 3.89. The first kappa shape index (κ1) is 14.2. The van der Waals surface area contributed by atoms with E-state index in [1.807, 2.05) is 6.92 Å². The molecule has 1 aromatic rings. The minimum Gasteiger partial charge on any atom is -0.494 e. The molecular formula is C16H22N2O3. The molecule has 5 nitrogen and oxygen atoms in total. The average Bonchev–Trinajstić information content (AvgIpc) is 2.78. The van der Waals surface area contributed by atoms with Crippen LogP contribution in [-0.4, -0.2) is 43.2 Å². The molecule has 0 bridgehead atoms. The first-order chi connectivity index (χ1) is 10.2. The average molecular weight is 290 g/mol. The topological polar surface area (TPSA) is 50.8 Å². The Hall–Kier alpha value is -1.75. The quantitative estimate of drug-likeness (QED) is 0.909. The number of nitrogens with one attached hydrogen (secondary N) is 1. The second-order valence-electron chi connectivity index (χ2n) is 5.69. The molecule has 0 spiro atoms. The second kappa shape index (κ2) is 5.93. The lowest BCUT2D eigenvalue weighted by Gasteiger charge is -2.27. The highest BCUT2D eigenvalue weighted by molar-refractivity contribution is 5.78. The lowest BCUT2D eigenvalue weighted by Crippen LogP contribution is -2.47. The maximum Gasteiger partial charge on any atom is 0.234 e. The van der Waals surface area contributed by atoms with Crippen LogP contribution in [0.15, 0.2) is 12.1 Å². The van der Waals surface area contributed by atoms with Crippen LogP contribution in [0.1, 0.15) is 25.0 Å². The van der Waals surface area contributed by atoms with Gasteiger partial charge in [0.05, 0.1) is 13.2 Å². The molecule has 2 aliphatic rings. The van der Waals surface area contributed by atoms with E-state index < -0.39 is 0 Å². The van der Waals surface area contributed by atoms with Gasteiger partial charge in [-0.25, -0.2) is 0 Å². The molecule has 1 aromatic carbocycles. The third-order valence-electron chi connectivity index (χ3n) is 3.89. The number of nitrogens with zero attached hydrogens (tertiary/aromatic N) is 1. The van der Waals surface area contributed by atoms with Crippen molar-refractivity contribution in [2.75, 3.05) is 26.2 Å². The van der Waals surface area contributed by atoms with Crippen molar-refractivity contribution in [2.24, 2.45) is 0 Å². The summed E-state index contributed by atoms with van der Waals surface area (Å²) >= 11 is 0. The van der Waals surface area contributed by atoms with Crippen molar-refractivity contribution in [3.8, 4) is 11.5 Å². The van der Waals surface area contributed by atoms with E-state index in [4.69, 9.17) is 9.47 Å². The van der Waals surface area contributed by atoms with Gasteiger partial charge in [-0.05, 0) is 26.0 Å². The molecule has 1 fully saturated rings. The molecule has 21 heavy (non-hydrogen) atoms. The number of hydrogen-bond donors (Lipinski definition) is 1. The van der Waals surface area contributed by atoms with E-state index in [2.05, 4.69) is 29.3 Å². The van der Waals surface area contributed by atoms with Gasteiger partial charge in [-0.2, -0.15) is 0 Å². The summed E-state index contributed by atoms with van der Waals surface area (Å²) in [7, 11) is 0. The van der Waals surface area contributed by atoms with Crippen LogP contribution in [-0.2, 0) is 17.8 Å². The zero-order chi connectivity index (χ0) is 14.8. The number of carbonyl (C=O) groups is 1. The largest absolute Gasteiger partial charge is 0.494 e. The molecule has 0 radical (unpaired) electrons. The standard InChI is InChI=1S/C16H22N2O3/c1-3-20-14-7-12-6-11(2)21-15(12)8-13(14)9-18-5-4-17-16(19)10-18/h7-8,11H,3-6,9-10H2,1-2H3,(H,17,19)/t11-/m1/s1. The summed E-state index contributed by atoms with van der Waals surface area (Å²) in [4.78, 5) is 13.6. The van der Waals surface area contributed by atoms with E-state index >= 15 is 0 Å². The van der Waals surface area contributed by atoms with E-state index in [0.29, 0.717) is 26.2 Å². The zero-order valence-corrected chi connectivity index (χ0v) is 12.6. The van der Waals surface area contributed by atoms with Crippen LogP contribution in [0, 0.1) is 0 Å². The lowest BCUT2D eigenvalue weighted by atomic mass is 10.1. The molecule has 3 rings (SSSR count). The van der Waals surface area contributed by atoms with E-state index in [1.54, 1.807) is 0 Å². The molecule has 1 amide bonds. The molecule has 1 atom stereocenters. The van der Waals surface area contributed by atoms with Crippen LogP contribution in [0.3, 0.4) is 0 Å². The second-order valence-corrected chi connectivity index (χ2v) is 5.69. The Kier molecular flexibility index (Phi) is 4.01. The molecule has 5 heteroatoms. The number of piperazine rings is 1. The molecule has 0 aliphatic carbocycles. The van der Waals surface area contributed by atoms with Gasteiger partial charge in [0.2, 0.25) is 5.91 Å². The summed E-state index contributed by atoms with van der Waals surface area (Å²) in [6, 6.07) is 4.18. The zero-order valence-electron chi connectivity index (χ0n) is 12.6. The van der Waals surface area contributed by atoms with Crippen LogP contribution < -0.4 is 14.8 Å². The van der Waals surface area contributed by atoms with Gasteiger partial charge in [-0.15, -0.1) is 0 Å². The monoisotopic (exact) mass is 290 g/mol. The fraction of sp³-hybridized carbons (Fsp3) is 0.562. The number of ether oxygens (including phenoxy) is 2. The van der Waals surface area contributed by atoms with Crippen molar-refractivity contribution in [1.29, 1.82) is 0 Å². The maximum atomic E-state index is 11.5. The van der Waals surface area contributed by atoms with Crippen LogP contribution in [0.5, 0.6) is 11.5 Å². The summed E-state index contributed by atoms with van der Waals surface area (Å²) in [5.41, 5.74) is 2.31. The lowest BCUT2D eigenvalue weighted by molar-refractivity contribution is -0.124. The first-order valence-corrected chi connectivity index (χ1v) is 7.60. The highest BCUT2D eigenvalue weighted by Gasteiger charge is 2.24. The molecule has 0 unspecified atom stereocenters. The Labute approximate surface area is 125 Å². The number of hydrogen-bond acceptors (Lipinski definition) is 4. The summed E-state index contributed by atoms with van der Waals surface area (Å²) < 4.78 is 11.6. The third kappa shape index (κ3) is 3.13. The molecule has 2 heterocycles. The molecule has 1 N–H and O–H groups in total. The fourth-order valence-corrected chi connectivity index (χ4v) is 2.96. The molecule has 2 aliphatic heterocycles. The summed E-state index contributed by atoms with van der Waals surface area (Å²) in [6.45, 7) is 7.45. The minimum atomic E-state index is 0.0882. The van der Waals surface area contributed by atoms with Crippen molar-refractivity contribution in [3.05, 3.63) is 23.3 Å². The fourth-order valence-electron chi connectivity index (χ4n) is 2.96. The molecular weight excluding hydrogens is 268 g/mol. The molecule has 1 saturated heterocycles. The highest BCUT2D eigenvalue weighted by Crippen LogP contribution is 2.35. The number of fused-ring (bicyclic) bond motifs is 1. The van der Waals surface area contributed by atoms with Crippen molar-refractivity contribution in [3.63, 3.8) is 0 Å². The summed E-state index contributed by atoms with van der Waals surface area (Å²) in [5, 5.41) is 2.85. The highest BCUT2D eigenvalue weighted by atomic mass is 16.5. The molecule has 114 valence electrons. The first-order valence-electron chi connectivity index (χ1n) is 7.60. The number of amides is 1. The van der Waals surface area contributed by atoms with Gasteiger partial charge >= 0.3 is 0 Å².